The van der Waals surface area contributed by atoms with E-state index >= 15 is 0 Å². The summed E-state index contributed by atoms with van der Waals surface area (Å²) in [6, 6.07) is 9.16. The van der Waals surface area contributed by atoms with Gasteiger partial charge in [-0.15, -0.1) is 0 Å². The zero-order chi connectivity index (χ0) is 20.3. The van der Waals surface area contributed by atoms with Crippen LogP contribution in [0.4, 0.5) is 21.5 Å². The summed E-state index contributed by atoms with van der Waals surface area (Å²) in [7, 11) is 1.52. The quantitative estimate of drug-likeness (QED) is 0.596. The number of hydrogen-bond donors (Lipinski definition) is 2. The fraction of sp³-hybridized carbons (Fsp3) is 0.150. The van der Waals surface area contributed by atoms with Crippen molar-refractivity contribution in [1.82, 2.24) is 9.97 Å². The monoisotopic (exact) mass is 400 g/mol. The summed E-state index contributed by atoms with van der Waals surface area (Å²) in [6.07, 6.45) is 1.46. The average Bonchev–Trinajstić information content (AvgIpc) is 2.66. The second-order valence-electron chi connectivity index (χ2n) is 6.08. The number of ether oxygens (including phenoxy) is 1. The predicted octanol–water partition coefficient (Wildman–Crippen LogP) is 4.89. The smallest absolute Gasteiger partial charge is 0.257 e. The molecule has 0 spiro atoms. The molecule has 0 aliphatic heterocycles. The first kappa shape index (κ1) is 19.6. The number of methoxy groups -OCH3 is 1. The van der Waals surface area contributed by atoms with Gasteiger partial charge in [0.25, 0.3) is 5.91 Å². The van der Waals surface area contributed by atoms with Gasteiger partial charge in [0, 0.05) is 11.8 Å². The Balaban J connectivity index is 1.90. The largest absolute Gasteiger partial charge is 0.481 e. The summed E-state index contributed by atoms with van der Waals surface area (Å²) >= 11 is 5.99. The Morgan fingerprint density at radius 3 is 2.54 bits per heavy atom. The third kappa shape index (κ3) is 4.37. The van der Waals surface area contributed by atoms with E-state index in [-0.39, 0.29) is 16.9 Å². The maximum absolute atomic E-state index is 13.3. The number of carbonyl (C=O) groups excluding carboxylic acids is 1. The molecule has 0 fully saturated rings. The van der Waals surface area contributed by atoms with Crippen LogP contribution in [0.5, 0.6) is 5.88 Å². The third-order valence-electron chi connectivity index (χ3n) is 4.09. The van der Waals surface area contributed by atoms with Crippen molar-refractivity contribution in [1.29, 1.82) is 0 Å². The molecular formula is C20H18ClFN4O2. The van der Waals surface area contributed by atoms with Crippen LogP contribution in [-0.4, -0.2) is 23.0 Å². The lowest BCUT2D eigenvalue weighted by atomic mass is 10.1. The number of benzene rings is 1. The molecular weight excluding hydrogens is 383 g/mol. The van der Waals surface area contributed by atoms with Crippen molar-refractivity contribution in [3.05, 3.63) is 70.4 Å². The molecule has 1 amide bonds. The van der Waals surface area contributed by atoms with Gasteiger partial charge in [0.1, 0.15) is 11.0 Å². The fourth-order valence-electron chi connectivity index (χ4n) is 2.60. The molecule has 28 heavy (non-hydrogen) atoms. The highest BCUT2D eigenvalue weighted by Crippen LogP contribution is 2.26. The molecule has 6 nitrogen and oxygen atoms in total. The van der Waals surface area contributed by atoms with Crippen LogP contribution in [-0.2, 0) is 0 Å². The summed E-state index contributed by atoms with van der Waals surface area (Å²) in [5.74, 6) is -0.268. The van der Waals surface area contributed by atoms with E-state index in [4.69, 9.17) is 16.3 Å². The highest BCUT2D eigenvalue weighted by molar-refractivity contribution is 6.30. The number of carbonyl (C=O) groups is 1. The van der Waals surface area contributed by atoms with Crippen molar-refractivity contribution < 1.29 is 13.9 Å². The van der Waals surface area contributed by atoms with E-state index in [0.717, 1.165) is 0 Å². The van der Waals surface area contributed by atoms with Crippen LogP contribution in [0.1, 0.15) is 21.6 Å². The summed E-state index contributed by atoms with van der Waals surface area (Å²) < 4.78 is 18.4. The van der Waals surface area contributed by atoms with Gasteiger partial charge in [0.15, 0.2) is 0 Å². The second-order valence-corrected chi connectivity index (χ2v) is 6.46. The van der Waals surface area contributed by atoms with Crippen molar-refractivity contribution in [2.75, 3.05) is 17.7 Å². The van der Waals surface area contributed by atoms with Gasteiger partial charge in [-0.2, -0.15) is 0 Å². The van der Waals surface area contributed by atoms with Gasteiger partial charge in [-0.25, -0.2) is 14.4 Å². The number of pyridine rings is 2. The standard InChI is InChI=1S/C20H18ClFN4O2/c1-11-8-13(22)4-5-15(11)25-17-10-23-18(21)9-14(17)20(27)26-16-6-7-19(28-3)24-12(16)2/h4-10,25H,1-3H3,(H,26,27). The normalized spacial score (nSPS) is 10.5. The summed E-state index contributed by atoms with van der Waals surface area (Å²) in [4.78, 5) is 21.1. The molecule has 2 N–H and O–H groups in total. The first-order valence-electron chi connectivity index (χ1n) is 8.39. The molecule has 3 aromatic rings. The van der Waals surface area contributed by atoms with Crippen LogP contribution >= 0.6 is 11.6 Å². The molecule has 0 saturated carbocycles. The van der Waals surface area contributed by atoms with Crippen LogP contribution in [0.25, 0.3) is 0 Å². The van der Waals surface area contributed by atoms with Crippen molar-refractivity contribution in [3.8, 4) is 5.88 Å². The number of aromatic nitrogens is 2. The Labute approximate surface area is 166 Å². The van der Waals surface area contributed by atoms with Gasteiger partial charge >= 0.3 is 0 Å². The molecule has 8 heteroatoms. The van der Waals surface area contributed by atoms with E-state index in [1.165, 1.54) is 31.5 Å². The van der Waals surface area contributed by atoms with E-state index in [0.29, 0.717) is 39.8 Å². The molecule has 1 aromatic carbocycles. The SMILES string of the molecule is COc1ccc(NC(=O)c2cc(Cl)ncc2Nc2ccc(F)cc2C)c(C)n1. The Morgan fingerprint density at radius 1 is 1.11 bits per heavy atom. The summed E-state index contributed by atoms with van der Waals surface area (Å²) in [6.45, 7) is 3.53. The van der Waals surface area contributed by atoms with Crippen molar-refractivity contribution >= 4 is 34.6 Å². The van der Waals surface area contributed by atoms with Crippen LogP contribution in [0, 0.1) is 19.7 Å². The molecule has 2 aromatic heterocycles. The first-order valence-corrected chi connectivity index (χ1v) is 8.77. The summed E-state index contributed by atoms with van der Waals surface area (Å²) in [5, 5.41) is 6.10. The van der Waals surface area contributed by atoms with Gasteiger partial charge < -0.3 is 15.4 Å². The number of anilines is 3. The topological polar surface area (TPSA) is 76.1 Å². The lowest BCUT2D eigenvalue weighted by Gasteiger charge is -2.15. The number of rotatable bonds is 5. The van der Waals surface area contributed by atoms with E-state index in [1.807, 2.05) is 0 Å². The number of nitrogens with zero attached hydrogens (tertiary/aromatic N) is 2. The number of aryl methyl sites for hydroxylation is 2. The Bertz CT molecular complexity index is 1040. The summed E-state index contributed by atoms with van der Waals surface area (Å²) in [5.41, 5.74) is 3.23. The number of halogens is 2. The van der Waals surface area contributed by atoms with Crippen LogP contribution in [0.2, 0.25) is 5.15 Å². The molecule has 0 unspecified atom stereocenters. The molecule has 3 rings (SSSR count). The highest BCUT2D eigenvalue weighted by atomic mass is 35.5. The lowest BCUT2D eigenvalue weighted by Crippen LogP contribution is -2.15. The average molecular weight is 401 g/mol. The molecule has 0 radical (unpaired) electrons. The molecule has 0 bridgehead atoms. The second kappa shape index (κ2) is 8.22. The molecule has 2 heterocycles. The minimum absolute atomic E-state index is 0.177. The zero-order valence-corrected chi connectivity index (χ0v) is 16.3. The maximum atomic E-state index is 13.3. The van der Waals surface area contributed by atoms with E-state index in [2.05, 4.69) is 20.6 Å². The van der Waals surface area contributed by atoms with Crippen molar-refractivity contribution in [3.63, 3.8) is 0 Å². The van der Waals surface area contributed by atoms with E-state index in [9.17, 15) is 9.18 Å². The van der Waals surface area contributed by atoms with Crippen LogP contribution < -0.4 is 15.4 Å². The van der Waals surface area contributed by atoms with Crippen molar-refractivity contribution in [2.24, 2.45) is 0 Å². The number of amides is 1. The van der Waals surface area contributed by atoms with Gasteiger partial charge in [0.05, 0.1) is 35.9 Å². The molecule has 0 aliphatic carbocycles. The van der Waals surface area contributed by atoms with Crippen LogP contribution in [0.15, 0.2) is 42.6 Å². The van der Waals surface area contributed by atoms with E-state index in [1.54, 1.807) is 32.0 Å². The van der Waals surface area contributed by atoms with Crippen molar-refractivity contribution in [2.45, 2.75) is 13.8 Å². The van der Waals surface area contributed by atoms with Gasteiger partial charge in [0.2, 0.25) is 5.88 Å². The van der Waals surface area contributed by atoms with Gasteiger partial charge in [-0.05, 0) is 49.7 Å². The fourth-order valence-corrected chi connectivity index (χ4v) is 2.76. The molecule has 0 saturated heterocycles. The molecule has 0 atom stereocenters. The highest BCUT2D eigenvalue weighted by Gasteiger charge is 2.16. The minimum Gasteiger partial charge on any atom is -0.481 e. The Kier molecular flexibility index (Phi) is 5.75. The first-order chi connectivity index (χ1) is 13.4. The zero-order valence-electron chi connectivity index (χ0n) is 15.5. The van der Waals surface area contributed by atoms with Crippen LogP contribution in [0.3, 0.4) is 0 Å². The van der Waals surface area contributed by atoms with E-state index < -0.39 is 0 Å². The Morgan fingerprint density at radius 2 is 1.86 bits per heavy atom. The minimum atomic E-state index is -0.387. The Hall–Kier alpha value is -3.19. The third-order valence-corrected chi connectivity index (χ3v) is 4.30. The molecule has 144 valence electrons. The predicted molar refractivity (Wildman–Crippen MR) is 107 cm³/mol. The maximum Gasteiger partial charge on any atom is 0.257 e. The van der Waals surface area contributed by atoms with Gasteiger partial charge in [-0.1, -0.05) is 11.6 Å². The number of nitrogens with one attached hydrogen (secondary N) is 2. The lowest BCUT2D eigenvalue weighted by molar-refractivity contribution is 0.102. The molecule has 0 aliphatic rings. The number of hydrogen-bond acceptors (Lipinski definition) is 5. The van der Waals surface area contributed by atoms with Gasteiger partial charge in [-0.3, -0.25) is 4.79 Å².